The van der Waals surface area contributed by atoms with Gasteiger partial charge in [-0.3, -0.25) is 37.3 Å². The zero-order chi connectivity index (χ0) is 66.1. The molecule has 0 aromatic rings. The lowest BCUT2D eigenvalue weighted by Crippen LogP contribution is -2.30. The van der Waals surface area contributed by atoms with E-state index in [0.29, 0.717) is 31.6 Å². The molecule has 0 rings (SSSR count). The Morgan fingerprint density at radius 3 is 0.798 bits per heavy atom. The van der Waals surface area contributed by atoms with Crippen LogP contribution in [0.5, 0.6) is 0 Å². The number of rotatable bonds is 67. The number of ether oxygens (including phenoxy) is 4. The molecule has 7 atom stereocenters. The molecule has 0 aromatic carbocycles. The highest BCUT2D eigenvalue weighted by atomic mass is 31.2. The zero-order valence-corrected chi connectivity index (χ0v) is 59.8. The Morgan fingerprint density at radius 1 is 0.315 bits per heavy atom. The highest BCUT2D eigenvalue weighted by Crippen LogP contribution is 2.45. The first-order valence-electron chi connectivity index (χ1n) is 36.3. The minimum absolute atomic E-state index is 0.103. The second-order valence-corrected chi connectivity index (χ2v) is 29.6. The summed E-state index contributed by atoms with van der Waals surface area (Å²) in [5.41, 5.74) is 0. The number of carbonyl (C=O) groups is 4. The second kappa shape index (κ2) is 59.8. The third kappa shape index (κ3) is 62.0. The van der Waals surface area contributed by atoms with Crippen LogP contribution in [0.2, 0.25) is 0 Å². The molecule has 528 valence electrons. The van der Waals surface area contributed by atoms with Gasteiger partial charge in [-0.15, -0.1) is 0 Å². The standard InChI is InChI=1S/C70H136O17P2/c1-9-62(7)48-40-32-24-19-20-26-37-45-53-70(75)87-66(57-81-68(73)51-43-35-29-28-33-41-49-63(8)10-2)59-85-89(78,79)83-55-64(71)54-82-88(76,77)84-58-65(56-80-67(72)50-42-34-27-21-23-31-39-47-61(5)6)86-69(74)52-44-36-25-18-16-14-12-11-13-15-17-22-30-38-46-60(3)4/h60-66,71H,9-59H2,1-8H3,(H,76,77)(H,78,79)/t62?,63?,64?,65-,66-/m1/s1. The van der Waals surface area contributed by atoms with Crippen LogP contribution in [0.25, 0.3) is 0 Å². The highest BCUT2D eigenvalue weighted by Gasteiger charge is 2.30. The van der Waals surface area contributed by atoms with Gasteiger partial charge >= 0.3 is 39.5 Å². The van der Waals surface area contributed by atoms with Gasteiger partial charge in [0.25, 0.3) is 0 Å². The van der Waals surface area contributed by atoms with Crippen molar-refractivity contribution in [3.05, 3.63) is 0 Å². The molecule has 17 nitrogen and oxygen atoms in total. The van der Waals surface area contributed by atoms with Crippen LogP contribution in [0.15, 0.2) is 0 Å². The molecule has 0 aliphatic carbocycles. The summed E-state index contributed by atoms with van der Waals surface area (Å²) in [6.07, 6.45) is 41.7. The van der Waals surface area contributed by atoms with Crippen molar-refractivity contribution < 1.29 is 80.2 Å². The number of hydrogen-bond donors (Lipinski definition) is 3. The normalized spacial score (nSPS) is 14.9. The lowest BCUT2D eigenvalue weighted by molar-refractivity contribution is -0.161. The number of esters is 4. The van der Waals surface area contributed by atoms with E-state index < -0.39 is 97.5 Å². The van der Waals surface area contributed by atoms with Gasteiger partial charge in [0.2, 0.25) is 0 Å². The summed E-state index contributed by atoms with van der Waals surface area (Å²) in [6.45, 7) is 14.1. The number of phosphoric ester groups is 2. The number of carbonyl (C=O) groups excluding carboxylic acids is 4. The van der Waals surface area contributed by atoms with Gasteiger partial charge in [0.05, 0.1) is 26.4 Å². The molecule has 3 N–H and O–H groups in total. The molecule has 0 aromatic heterocycles. The molecule has 0 aliphatic rings. The topological polar surface area (TPSA) is 237 Å². The summed E-state index contributed by atoms with van der Waals surface area (Å²) in [6, 6.07) is 0. The van der Waals surface area contributed by atoms with E-state index in [1.165, 1.54) is 135 Å². The predicted molar refractivity (Wildman–Crippen MR) is 358 cm³/mol. The lowest BCUT2D eigenvalue weighted by Gasteiger charge is -2.21. The molecule has 89 heavy (non-hydrogen) atoms. The van der Waals surface area contributed by atoms with Crippen LogP contribution in [0.1, 0.15) is 344 Å². The van der Waals surface area contributed by atoms with E-state index in [-0.39, 0.29) is 25.7 Å². The van der Waals surface area contributed by atoms with Crippen LogP contribution >= 0.6 is 15.6 Å². The van der Waals surface area contributed by atoms with E-state index in [1.54, 1.807) is 0 Å². The first-order valence-corrected chi connectivity index (χ1v) is 39.3. The minimum Gasteiger partial charge on any atom is -0.462 e. The Morgan fingerprint density at radius 2 is 0.539 bits per heavy atom. The quantitative estimate of drug-likeness (QED) is 0.0222. The number of unbranched alkanes of at least 4 members (excludes halogenated alkanes) is 31. The average molecular weight is 1310 g/mol. The summed E-state index contributed by atoms with van der Waals surface area (Å²) in [5, 5.41) is 10.6. The molecule has 0 amide bonds. The molecular weight excluding hydrogens is 1170 g/mol. The maximum atomic E-state index is 13.0. The van der Waals surface area contributed by atoms with Gasteiger partial charge in [0.1, 0.15) is 19.3 Å². The van der Waals surface area contributed by atoms with Gasteiger partial charge in [-0.1, -0.05) is 293 Å². The maximum absolute atomic E-state index is 13.0. The molecule has 0 aliphatic heterocycles. The lowest BCUT2D eigenvalue weighted by atomic mass is 9.99. The zero-order valence-electron chi connectivity index (χ0n) is 58.1. The van der Waals surface area contributed by atoms with Crippen molar-refractivity contribution in [2.45, 2.75) is 363 Å². The molecule has 19 heteroatoms. The van der Waals surface area contributed by atoms with Crippen molar-refractivity contribution >= 4 is 39.5 Å². The largest absolute Gasteiger partial charge is 0.472 e. The van der Waals surface area contributed by atoms with E-state index in [0.717, 1.165) is 120 Å². The van der Waals surface area contributed by atoms with E-state index in [1.807, 2.05) is 0 Å². The number of phosphoric acid groups is 2. The monoisotopic (exact) mass is 1310 g/mol. The molecule has 5 unspecified atom stereocenters. The van der Waals surface area contributed by atoms with Gasteiger partial charge in [-0.05, 0) is 49.4 Å². The Bertz CT molecular complexity index is 1770. The Labute approximate surface area is 543 Å². The second-order valence-electron chi connectivity index (χ2n) is 26.7. The summed E-state index contributed by atoms with van der Waals surface area (Å²) < 4.78 is 68.3. The molecule has 0 spiro atoms. The van der Waals surface area contributed by atoms with Gasteiger partial charge in [-0.25, -0.2) is 9.13 Å². The molecular formula is C70H136O17P2. The van der Waals surface area contributed by atoms with E-state index in [4.69, 9.17) is 37.0 Å². The van der Waals surface area contributed by atoms with Gasteiger partial charge in [0.15, 0.2) is 12.2 Å². The fourth-order valence-corrected chi connectivity index (χ4v) is 12.0. The first-order chi connectivity index (χ1) is 42.7. The SMILES string of the molecule is CCC(C)CCCCCCCCCCC(=O)O[C@H](COC(=O)CCCCCCCCC(C)CC)COP(=O)(O)OCC(O)COP(=O)(O)OC[C@@H](COC(=O)CCCCCCCCCC(C)C)OC(=O)CCCCCCCCCCCCCCCCC(C)C. The Hall–Kier alpha value is -1.94. The van der Waals surface area contributed by atoms with Gasteiger partial charge < -0.3 is 33.8 Å². The van der Waals surface area contributed by atoms with Crippen LogP contribution < -0.4 is 0 Å². The van der Waals surface area contributed by atoms with Crippen molar-refractivity contribution in [2.75, 3.05) is 39.6 Å². The number of aliphatic hydroxyl groups excluding tert-OH is 1. The third-order valence-electron chi connectivity index (χ3n) is 16.8. The van der Waals surface area contributed by atoms with Crippen molar-refractivity contribution in [3.8, 4) is 0 Å². The molecule has 0 saturated carbocycles. The summed E-state index contributed by atoms with van der Waals surface area (Å²) in [7, 11) is -9.90. The molecule has 0 radical (unpaired) electrons. The number of aliphatic hydroxyl groups is 1. The first kappa shape index (κ1) is 87.1. The molecule has 0 heterocycles. The summed E-state index contributed by atoms with van der Waals surface area (Å²) >= 11 is 0. The van der Waals surface area contributed by atoms with Crippen molar-refractivity contribution in [1.82, 2.24) is 0 Å². The van der Waals surface area contributed by atoms with E-state index >= 15 is 0 Å². The minimum atomic E-state index is -4.95. The Kier molecular flexibility index (Phi) is 58.5. The van der Waals surface area contributed by atoms with Gasteiger partial charge in [0, 0.05) is 25.7 Å². The van der Waals surface area contributed by atoms with Crippen molar-refractivity contribution in [2.24, 2.45) is 23.7 Å². The van der Waals surface area contributed by atoms with Crippen LogP contribution in [-0.4, -0.2) is 96.7 Å². The van der Waals surface area contributed by atoms with Crippen LogP contribution in [-0.2, 0) is 65.4 Å². The van der Waals surface area contributed by atoms with Crippen LogP contribution in [0.4, 0.5) is 0 Å². The van der Waals surface area contributed by atoms with Crippen LogP contribution in [0.3, 0.4) is 0 Å². The van der Waals surface area contributed by atoms with Crippen molar-refractivity contribution in [1.29, 1.82) is 0 Å². The predicted octanol–water partition coefficient (Wildman–Crippen LogP) is 19.7. The third-order valence-corrected chi connectivity index (χ3v) is 18.7. The maximum Gasteiger partial charge on any atom is 0.472 e. The fourth-order valence-electron chi connectivity index (χ4n) is 10.4. The summed E-state index contributed by atoms with van der Waals surface area (Å²) in [5.74, 6) is 0.868. The smallest absolute Gasteiger partial charge is 0.462 e. The van der Waals surface area contributed by atoms with E-state index in [9.17, 15) is 43.2 Å². The fraction of sp³-hybridized carbons (Fsp3) is 0.943. The van der Waals surface area contributed by atoms with Crippen LogP contribution in [0, 0.1) is 23.7 Å². The van der Waals surface area contributed by atoms with Gasteiger partial charge in [-0.2, -0.15) is 0 Å². The molecule has 0 saturated heterocycles. The van der Waals surface area contributed by atoms with E-state index in [2.05, 4.69) is 55.4 Å². The average Bonchev–Trinajstić information content (AvgIpc) is 3.69. The molecule has 0 bridgehead atoms. The number of hydrogen-bond acceptors (Lipinski definition) is 15. The highest BCUT2D eigenvalue weighted by molar-refractivity contribution is 7.47. The Balaban J connectivity index is 5.24. The molecule has 0 fully saturated rings. The van der Waals surface area contributed by atoms with Crippen molar-refractivity contribution in [3.63, 3.8) is 0 Å². The summed E-state index contributed by atoms with van der Waals surface area (Å²) in [4.78, 5) is 72.5.